The molecule has 0 saturated carbocycles. The number of halogens is 1. The van der Waals surface area contributed by atoms with Crippen molar-refractivity contribution < 1.29 is 45.7 Å². The molecular weight excluding hydrogens is 732 g/mol. The number of nitrogen functional groups attached to an aromatic ring is 1. The van der Waals surface area contributed by atoms with Gasteiger partial charge in [0.1, 0.15) is 23.0 Å². The van der Waals surface area contributed by atoms with E-state index in [4.69, 9.17) is 24.5 Å². The first kappa shape index (κ1) is 42.6. The molecule has 0 aliphatic carbocycles. The van der Waals surface area contributed by atoms with Gasteiger partial charge in [0, 0.05) is 22.1 Å². The van der Waals surface area contributed by atoms with Gasteiger partial charge in [-0.15, -0.1) is 0 Å². The number of ether oxygens (including phenoxy) is 2. The highest BCUT2D eigenvalue weighted by Crippen LogP contribution is 2.26. The number of benzene rings is 4. The van der Waals surface area contributed by atoms with E-state index in [0.717, 1.165) is 46.1 Å². The van der Waals surface area contributed by atoms with Crippen molar-refractivity contribution in [3.8, 4) is 23.0 Å². The summed E-state index contributed by atoms with van der Waals surface area (Å²) in [5.41, 5.74) is 10.2. The van der Waals surface area contributed by atoms with Crippen LogP contribution in [0.5, 0.6) is 23.0 Å². The molecule has 0 saturated heterocycles. The zero-order chi connectivity index (χ0) is 38.5. The molecule has 0 fully saturated rings. The monoisotopic (exact) mass is 775 g/mol. The quantitative estimate of drug-likeness (QED) is 0.109. The fraction of sp³-hybridized carbons (Fsp3) is 0.294. The lowest BCUT2D eigenvalue weighted by Crippen LogP contribution is -2.27. The average molecular weight is 776 g/mol. The Morgan fingerprint density at radius 3 is 1.42 bits per heavy atom. The van der Waals surface area contributed by atoms with Crippen LogP contribution in [0.25, 0.3) is 0 Å². The second-order valence-electron chi connectivity index (χ2n) is 11.5. The lowest BCUT2D eigenvalue weighted by molar-refractivity contribution is 0.274. The Bertz CT molecular complexity index is 1940. The third-order valence-electron chi connectivity index (χ3n) is 7.41. The van der Waals surface area contributed by atoms with Crippen molar-refractivity contribution >= 4 is 66.3 Å². The summed E-state index contributed by atoms with van der Waals surface area (Å²) >= 11 is 0. The molecule has 13 nitrogen and oxygen atoms in total. The van der Waals surface area contributed by atoms with Gasteiger partial charge in [0.25, 0.3) is 0 Å². The Morgan fingerprint density at radius 2 is 1.08 bits per heavy atom. The van der Waals surface area contributed by atoms with Crippen molar-refractivity contribution in [3.05, 3.63) is 96.1 Å². The fourth-order valence-electron chi connectivity index (χ4n) is 4.82. The normalized spacial score (nSPS) is 13.0. The molecule has 52 heavy (non-hydrogen) atoms. The van der Waals surface area contributed by atoms with Gasteiger partial charge >= 0.3 is 14.2 Å². The van der Waals surface area contributed by atoms with E-state index in [0.29, 0.717) is 36.1 Å². The van der Waals surface area contributed by atoms with Crippen molar-refractivity contribution in [3.63, 3.8) is 0 Å². The first-order valence-electron chi connectivity index (χ1n) is 16.2. The van der Waals surface area contributed by atoms with Crippen LogP contribution in [0, 0.1) is 0 Å². The summed E-state index contributed by atoms with van der Waals surface area (Å²) in [5.74, 6) is 2.65. The van der Waals surface area contributed by atoms with Crippen molar-refractivity contribution in [1.29, 1.82) is 0 Å². The average Bonchev–Trinajstić information content (AvgIpc) is 3.64. The molecule has 4 aromatic carbocycles. The number of rotatable bonds is 9. The minimum Gasteiger partial charge on any atom is -0.457 e. The molecule has 2 aliphatic heterocycles. The number of hydrogen-bond donors (Lipinski definition) is 4. The Morgan fingerprint density at radius 1 is 0.712 bits per heavy atom. The standard InChI is InChI=1S/C14H14BNO5S.C13H12BNO3.C6H15N.CH3ClO2S/c1-22(18,19)16-11-2-4-12(5-3-11)21-13-6-7-14-10(8-13)9-20-15(14)17;15-10-1-3-11(4-2-10)18-12-5-6-13-9(7-12)8-17-14(13)16;1-4-7(5-2)6-3;1-5(2,3)4/h2-8,16-17H,9H2,1H3;1-7,16H,8,15H2;4-6H2,1-3H3;1H3. The minimum absolute atomic E-state index is 0.352. The summed E-state index contributed by atoms with van der Waals surface area (Å²) in [7, 11) is -3.67. The van der Waals surface area contributed by atoms with Crippen molar-refractivity contribution in [2.24, 2.45) is 0 Å². The zero-order valence-corrected chi connectivity index (χ0v) is 32.0. The van der Waals surface area contributed by atoms with E-state index in [1.807, 2.05) is 36.4 Å². The molecule has 18 heteroatoms. The summed E-state index contributed by atoms with van der Waals surface area (Å²) in [6, 6.07) is 24.6. The van der Waals surface area contributed by atoms with Crippen LogP contribution in [-0.2, 0) is 41.6 Å². The Hall–Kier alpha value is -3.80. The lowest BCUT2D eigenvalue weighted by atomic mass is 9.80. The summed E-state index contributed by atoms with van der Waals surface area (Å²) in [6.07, 6.45) is 2.02. The SMILES string of the molecule is CCN(CC)CC.CS(=O)(=O)Cl.CS(=O)(=O)Nc1ccc(Oc2ccc3c(c2)COB3O)cc1.Nc1ccc(Oc2ccc3c(c2)COB3O)cc1. The van der Waals surface area contributed by atoms with E-state index in [1.165, 1.54) is 19.6 Å². The maximum absolute atomic E-state index is 11.1. The summed E-state index contributed by atoms with van der Waals surface area (Å²) in [6.45, 7) is 10.9. The van der Waals surface area contributed by atoms with E-state index in [-0.39, 0.29) is 0 Å². The molecular formula is C34H44B2ClN3O10S2. The third-order valence-corrected chi connectivity index (χ3v) is 8.01. The van der Waals surface area contributed by atoms with Crippen molar-refractivity contribution in [1.82, 2.24) is 4.90 Å². The van der Waals surface area contributed by atoms with Gasteiger partial charge in [0.2, 0.25) is 19.1 Å². The van der Waals surface area contributed by atoms with Crippen LogP contribution < -0.4 is 30.9 Å². The molecule has 0 amide bonds. The van der Waals surface area contributed by atoms with Gasteiger partial charge in [-0.3, -0.25) is 4.72 Å². The van der Waals surface area contributed by atoms with Crippen LogP contribution in [0.3, 0.4) is 0 Å². The van der Waals surface area contributed by atoms with Crippen LogP contribution in [-0.4, -0.2) is 78.2 Å². The molecule has 0 aromatic heterocycles. The first-order valence-corrected chi connectivity index (χ1v) is 20.8. The Balaban J connectivity index is 0.000000217. The third kappa shape index (κ3) is 15.0. The topological polar surface area (TPSA) is 187 Å². The van der Waals surface area contributed by atoms with Crippen LogP contribution in [0.15, 0.2) is 84.9 Å². The molecule has 0 unspecified atom stereocenters. The van der Waals surface area contributed by atoms with Crippen molar-refractivity contribution in [2.45, 2.75) is 34.0 Å². The number of hydrogen-bond acceptors (Lipinski definition) is 12. The number of nitrogens with two attached hydrogens (primary N) is 1. The number of fused-ring (bicyclic) bond motifs is 2. The molecule has 0 atom stereocenters. The van der Waals surface area contributed by atoms with Gasteiger partial charge in [0.05, 0.1) is 25.7 Å². The van der Waals surface area contributed by atoms with Crippen LogP contribution in [0.2, 0.25) is 0 Å². The molecule has 0 radical (unpaired) electrons. The number of nitrogens with one attached hydrogen (secondary N) is 1. The van der Waals surface area contributed by atoms with Gasteiger partial charge in [-0.1, -0.05) is 32.9 Å². The van der Waals surface area contributed by atoms with Crippen LogP contribution in [0.4, 0.5) is 11.4 Å². The maximum atomic E-state index is 11.1. The lowest BCUT2D eigenvalue weighted by Gasteiger charge is -2.13. The van der Waals surface area contributed by atoms with Crippen LogP contribution in [0.1, 0.15) is 31.9 Å². The highest BCUT2D eigenvalue weighted by molar-refractivity contribution is 8.13. The van der Waals surface area contributed by atoms with E-state index in [1.54, 1.807) is 48.5 Å². The molecule has 2 heterocycles. The Kier molecular flexibility index (Phi) is 16.3. The second-order valence-corrected chi connectivity index (χ2v) is 16.3. The predicted octanol–water partition coefficient (Wildman–Crippen LogP) is 3.88. The smallest absolute Gasteiger partial charge is 0.457 e. The van der Waals surface area contributed by atoms with E-state index < -0.39 is 33.3 Å². The van der Waals surface area contributed by atoms with Gasteiger partial charge in [-0.2, -0.15) is 0 Å². The van der Waals surface area contributed by atoms with E-state index in [9.17, 15) is 26.9 Å². The van der Waals surface area contributed by atoms with Gasteiger partial charge in [-0.25, -0.2) is 16.8 Å². The molecule has 5 N–H and O–H groups in total. The summed E-state index contributed by atoms with van der Waals surface area (Å²) in [5, 5.41) is 19.1. The van der Waals surface area contributed by atoms with Gasteiger partial charge in [-0.05, 0) is 114 Å². The molecule has 0 spiro atoms. The highest BCUT2D eigenvalue weighted by atomic mass is 35.7. The summed E-state index contributed by atoms with van der Waals surface area (Å²) < 4.78 is 65.1. The van der Waals surface area contributed by atoms with Gasteiger partial charge in [0.15, 0.2) is 0 Å². The minimum atomic E-state index is -3.29. The summed E-state index contributed by atoms with van der Waals surface area (Å²) in [4.78, 5) is 2.38. The molecule has 4 aromatic rings. The molecule has 2 aliphatic rings. The van der Waals surface area contributed by atoms with E-state index >= 15 is 0 Å². The molecule has 6 rings (SSSR count). The predicted molar refractivity (Wildman–Crippen MR) is 208 cm³/mol. The maximum Gasteiger partial charge on any atom is 0.491 e. The Labute approximate surface area is 311 Å². The highest BCUT2D eigenvalue weighted by Gasteiger charge is 2.28. The van der Waals surface area contributed by atoms with Crippen molar-refractivity contribution in [2.75, 3.05) is 42.6 Å². The first-order chi connectivity index (χ1) is 24.5. The zero-order valence-electron chi connectivity index (χ0n) is 29.7. The number of nitrogens with zero attached hydrogens (tertiary/aromatic N) is 1. The second kappa shape index (κ2) is 19.9. The molecule has 280 valence electrons. The number of sulfonamides is 1. The van der Waals surface area contributed by atoms with Crippen LogP contribution >= 0.6 is 10.7 Å². The van der Waals surface area contributed by atoms with Gasteiger partial charge < -0.3 is 39.5 Å². The number of anilines is 2. The largest absolute Gasteiger partial charge is 0.491 e. The molecule has 0 bridgehead atoms. The van der Waals surface area contributed by atoms with E-state index in [2.05, 4.69) is 41.1 Å². The fourth-order valence-corrected chi connectivity index (χ4v) is 5.39.